The summed E-state index contributed by atoms with van der Waals surface area (Å²) in [5.74, 6) is 0.154. The maximum absolute atomic E-state index is 12.4. The van der Waals surface area contributed by atoms with Gasteiger partial charge in [0, 0.05) is 26.2 Å². The van der Waals surface area contributed by atoms with E-state index in [9.17, 15) is 4.79 Å². The van der Waals surface area contributed by atoms with E-state index in [4.69, 9.17) is 0 Å². The molecule has 2 aliphatic heterocycles. The van der Waals surface area contributed by atoms with Crippen LogP contribution in [0.2, 0.25) is 0 Å². The number of nitrogens with one attached hydrogen (secondary N) is 2. The molecule has 0 aliphatic carbocycles. The van der Waals surface area contributed by atoms with Crippen LogP contribution >= 0.6 is 0 Å². The molecule has 2 aliphatic rings. The van der Waals surface area contributed by atoms with Crippen molar-refractivity contribution in [3.8, 4) is 0 Å². The fourth-order valence-corrected chi connectivity index (χ4v) is 3.66. The number of hydrogen-bond acceptors (Lipinski definition) is 3. The summed E-state index contributed by atoms with van der Waals surface area (Å²) >= 11 is 0. The van der Waals surface area contributed by atoms with Crippen molar-refractivity contribution in [3.63, 3.8) is 0 Å². The molecular formula is C18H27N3O. The zero-order valence-corrected chi connectivity index (χ0v) is 13.7. The van der Waals surface area contributed by atoms with E-state index in [1.165, 1.54) is 11.1 Å². The number of carbonyl (C=O) groups excluding carboxylic acids is 1. The van der Waals surface area contributed by atoms with Gasteiger partial charge in [0.2, 0.25) is 5.91 Å². The topological polar surface area (TPSA) is 44.4 Å². The van der Waals surface area contributed by atoms with Crippen molar-refractivity contribution in [1.82, 2.24) is 15.5 Å². The Morgan fingerprint density at radius 1 is 1.32 bits per heavy atom. The number of nitrogens with zero attached hydrogens (tertiary/aromatic N) is 1. The smallest absolute Gasteiger partial charge is 0.237 e. The molecule has 2 N–H and O–H groups in total. The fraction of sp³-hybridized carbons (Fsp3) is 0.611. The second-order valence-corrected chi connectivity index (χ2v) is 7.25. The second kappa shape index (κ2) is 6.39. The van der Waals surface area contributed by atoms with Crippen molar-refractivity contribution in [1.29, 1.82) is 0 Å². The van der Waals surface area contributed by atoms with E-state index in [-0.39, 0.29) is 17.4 Å². The Bertz CT molecular complexity index is 516. The number of rotatable bonds is 4. The number of carbonyl (C=O) groups is 1. The molecule has 1 aromatic rings. The van der Waals surface area contributed by atoms with Crippen LogP contribution in [0.15, 0.2) is 24.3 Å². The Morgan fingerprint density at radius 3 is 2.64 bits per heavy atom. The van der Waals surface area contributed by atoms with Crippen molar-refractivity contribution >= 4 is 5.91 Å². The van der Waals surface area contributed by atoms with Gasteiger partial charge in [0.05, 0.1) is 6.04 Å². The Labute approximate surface area is 133 Å². The third-order valence-electron chi connectivity index (χ3n) is 5.02. The van der Waals surface area contributed by atoms with E-state index in [2.05, 4.69) is 53.6 Å². The molecule has 3 rings (SSSR count). The molecule has 2 heterocycles. The monoisotopic (exact) mass is 301 g/mol. The molecule has 1 atom stereocenters. The highest BCUT2D eigenvalue weighted by Crippen LogP contribution is 2.30. The standard InChI is InChI=1S/C18H27N3O/c1-18(2)8-5-9-19-16(18)17(22)20-10-11-21-12-14-6-3-4-7-15(14)13-21/h3-4,6-7,16,19H,5,8-13H2,1-2H3,(H,20,22). The molecule has 0 bridgehead atoms. The number of piperidine rings is 1. The van der Waals surface area contributed by atoms with Crippen LogP contribution in [0.3, 0.4) is 0 Å². The van der Waals surface area contributed by atoms with Crippen LogP contribution in [0, 0.1) is 5.41 Å². The first-order valence-corrected chi connectivity index (χ1v) is 8.36. The number of amides is 1. The molecule has 1 amide bonds. The van der Waals surface area contributed by atoms with Crippen LogP contribution in [0.4, 0.5) is 0 Å². The molecular weight excluding hydrogens is 274 g/mol. The van der Waals surface area contributed by atoms with Crippen molar-refractivity contribution in [2.45, 2.75) is 45.8 Å². The van der Waals surface area contributed by atoms with Gasteiger partial charge >= 0.3 is 0 Å². The van der Waals surface area contributed by atoms with E-state index in [1.54, 1.807) is 0 Å². The maximum Gasteiger partial charge on any atom is 0.237 e. The molecule has 22 heavy (non-hydrogen) atoms. The molecule has 0 aromatic heterocycles. The first-order valence-electron chi connectivity index (χ1n) is 8.36. The van der Waals surface area contributed by atoms with Gasteiger partial charge < -0.3 is 10.6 Å². The van der Waals surface area contributed by atoms with Crippen molar-refractivity contribution in [2.75, 3.05) is 19.6 Å². The molecule has 1 aromatic carbocycles. The number of hydrogen-bond donors (Lipinski definition) is 2. The Hall–Kier alpha value is -1.39. The normalized spacial score (nSPS) is 24.0. The molecule has 4 nitrogen and oxygen atoms in total. The van der Waals surface area contributed by atoms with Crippen LogP contribution in [-0.2, 0) is 17.9 Å². The third kappa shape index (κ3) is 3.33. The first kappa shape index (κ1) is 15.5. The van der Waals surface area contributed by atoms with Crippen LogP contribution < -0.4 is 10.6 Å². The van der Waals surface area contributed by atoms with Crippen LogP contribution in [0.25, 0.3) is 0 Å². The summed E-state index contributed by atoms with van der Waals surface area (Å²) in [5, 5.41) is 6.49. The van der Waals surface area contributed by atoms with Crippen LogP contribution in [0.5, 0.6) is 0 Å². The minimum Gasteiger partial charge on any atom is -0.353 e. The second-order valence-electron chi connectivity index (χ2n) is 7.25. The van der Waals surface area contributed by atoms with Crippen LogP contribution in [-0.4, -0.2) is 36.5 Å². The lowest BCUT2D eigenvalue weighted by Crippen LogP contribution is -2.56. The number of benzene rings is 1. The average Bonchev–Trinajstić information content (AvgIpc) is 2.89. The zero-order valence-electron chi connectivity index (χ0n) is 13.7. The summed E-state index contributed by atoms with van der Waals surface area (Å²) in [5.41, 5.74) is 2.89. The van der Waals surface area contributed by atoms with E-state index in [1.807, 2.05) is 0 Å². The summed E-state index contributed by atoms with van der Waals surface area (Å²) < 4.78 is 0. The Kier molecular flexibility index (Phi) is 4.50. The molecule has 1 fully saturated rings. The van der Waals surface area contributed by atoms with Crippen LogP contribution in [0.1, 0.15) is 37.8 Å². The van der Waals surface area contributed by atoms with E-state index >= 15 is 0 Å². The predicted molar refractivity (Wildman–Crippen MR) is 88.4 cm³/mol. The van der Waals surface area contributed by atoms with Gasteiger partial charge in [-0.15, -0.1) is 0 Å². The molecule has 0 spiro atoms. The summed E-state index contributed by atoms with van der Waals surface area (Å²) in [4.78, 5) is 14.8. The summed E-state index contributed by atoms with van der Waals surface area (Å²) in [6.07, 6.45) is 2.27. The van der Waals surface area contributed by atoms with E-state index in [0.717, 1.165) is 45.6 Å². The summed E-state index contributed by atoms with van der Waals surface area (Å²) in [6.45, 7) is 8.94. The SMILES string of the molecule is CC1(C)CCCNC1C(=O)NCCN1Cc2ccccc2C1. The van der Waals surface area contributed by atoms with Gasteiger partial charge in [0.25, 0.3) is 0 Å². The molecule has 1 unspecified atom stereocenters. The molecule has 120 valence electrons. The molecule has 4 heteroatoms. The molecule has 0 saturated carbocycles. The Morgan fingerprint density at radius 2 is 2.00 bits per heavy atom. The summed E-state index contributed by atoms with van der Waals surface area (Å²) in [6, 6.07) is 8.53. The van der Waals surface area contributed by atoms with Gasteiger partial charge in [0.1, 0.15) is 0 Å². The summed E-state index contributed by atoms with van der Waals surface area (Å²) in [7, 11) is 0. The van der Waals surface area contributed by atoms with Crippen molar-refractivity contribution in [2.24, 2.45) is 5.41 Å². The van der Waals surface area contributed by atoms with Gasteiger partial charge in [-0.25, -0.2) is 0 Å². The lowest BCUT2D eigenvalue weighted by Gasteiger charge is -2.38. The quantitative estimate of drug-likeness (QED) is 0.893. The number of fused-ring (bicyclic) bond motifs is 1. The maximum atomic E-state index is 12.4. The average molecular weight is 301 g/mol. The van der Waals surface area contributed by atoms with Crippen molar-refractivity contribution < 1.29 is 4.79 Å². The highest BCUT2D eigenvalue weighted by atomic mass is 16.2. The highest BCUT2D eigenvalue weighted by Gasteiger charge is 2.36. The lowest BCUT2D eigenvalue weighted by molar-refractivity contribution is -0.126. The third-order valence-corrected chi connectivity index (χ3v) is 5.02. The fourth-order valence-electron chi connectivity index (χ4n) is 3.66. The van der Waals surface area contributed by atoms with Gasteiger partial charge in [0.15, 0.2) is 0 Å². The molecule has 0 radical (unpaired) electrons. The lowest BCUT2D eigenvalue weighted by atomic mass is 9.77. The highest BCUT2D eigenvalue weighted by molar-refractivity contribution is 5.82. The minimum absolute atomic E-state index is 0.0478. The zero-order chi connectivity index (χ0) is 15.6. The predicted octanol–water partition coefficient (Wildman–Crippen LogP) is 1.90. The van der Waals surface area contributed by atoms with Gasteiger partial charge in [-0.3, -0.25) is 9.69 Å². The minimum atomic E-state index is -0.0583. The largest absolute Gasteiger partial charge is 0.353 e. The van der Waals surface area contributed by atoms with E-state index in [0.29, 0.717) is 0 Å². The van der Waals surface area contributed by atoms with E-state index < -0.39 is 0 Å². The van der Waals surface area contributed by atoms with Crippen molar-refractivity contribution in [3.05, 3.63) is 35.4 Å². The van der Waals surface area contributed by atoms with Gasteiger partial charge in [-0.1, -0.05) is 38.1 Å². The van der Waals surface area contributed by atoms with Gasteiger partial charge in [-0.2, -0.15) is 0 Å². The first-order chi connectivity index (χ1) is 10.6. The Balaban J connectivity index is 1.45. The van der Waals surface area contributed by atoms with Gasteiger partial charge in [-0.05, 0) is 35.9 Å². The molecule has 1 saturated heterocycles.